The number of aromatic nitrogens is 3. The molecule has 1 heterocycles. The molecule has 5 heteroatoms. The van der Waals surface area contributed by atoms with E-state index in [-0.39, 0.29) is 0 Å². The maximum atomic E-state index is 4.25. The number of halogens is 1. The Morgan fingerprint density at radius 1 is 1.57 bits per heavy atom. The molecule has 0 aromatic carbocycles. The van der Waals surface area contributed by atoms with Gasteiger partial charge in [-0.05, 0) is 13.5 Å². The van der Waals surface area contributed by atoms with E-state index in [0.29, 0.717) is 0 Å². The van der Waals surface area contributed by atoms with Crippen molar-refractivity contribution in [3.63, 3.8) is 0 Å². The van der Waals surface area contributed by atoms with Crippen LogP contribution in [0.5, 0.6) is 0 Å². The molecule has 1 aromatic rings. The van der Waals surface area contributed by atoms with E-state index in [1.165, 1.54) is 0 Å². The second-order valence-corrected chi connectivity index (χ2v) is 4.12. The number of hydrogen-bond donors (Lipinski definition) is 0. The summed E-state index contributed by atoms with van der Waals surface area (Å²) in [7, 11) is 2.09. The molecule has 0 unspecified atom stereocenters. The van der Waals surface area contributed by atoms with Crippen molar-refractivity contribution in [1.29, 1.82) is 0 Å². The molecule has 0 radical (unpaired) electrons. The lowest BCUT2D eigenvalue weighted by Crippen LogP contribution is -2.22. The summed E-state index contributed by atoms with van der Waals surface area (Å²) in [5, 5.41) is 5.18. The zero-order valence-electron chi connectivity index (χ0n) is 8.78. The molecule has 0 aliphatic heterocycles. The Hall–Kier alpha value is -0.420. The van der Waals surface area contributed by atoms with Crippen molar-refractivity contribution in [2.45, 2.75) is 26.4 Å². The summed E-state index contributed by atoms with van der Waals surface area (Å²) in [4.78, 5) is 6.48. The Bertz CT molecular complexity index is 261. The monoisotopic (exact) mass is 260 g/mol. The summed E-state index contributed by atoms with van der Waals surface area (Å²) in [5.41, 5.74) is 0. The van der Waals surface area contributed by atoms with Gasteiger partial charge in [0.1, 0.15) is 12.2 Å². The van der Waals surface area contributed by atoms with Crippen molar-refractivity contribution in [2.24, 2.45) is 0 Å². The van der Waals surface area contributed by atoms with Crippen molar-refractivity contribution in [3.05, 3.63) is 12.2 Å². The first-order chi connectivity index (χ1) is 6.77. The summed E-state index contributed by atoms with van der Waals surface area (Å²) in [6, 6.07) is 0. The van der Waals surface area contributed by atoms with Gasteiger partial charge < -0.3 is 0 Å². The van der Waals surface area contributed by atoms with Gasteiger partial charge >= 0.3 is 0 Å². The average molecular weight is 261 g/mol. The lowest BCUT2D eigenvalue weighted by molar-refractivity contribution is 0.329. The van der Waals surface area contributed by atoms with Gasteiger partial charge in [-0.2, -0.15) is 5.10 Å². The van der Waals surface area contributed by atoms with Gasteiger partial charge in [0.05, 0.1) is 6.54 Å². The normalized spacial score (nSPS) is 11.1. The Kier molecular flexibility index (Phi) is 5.11. The molecular formula is C9H17BrN4. The Morgan fingerprint density at radius 2 is 2.36 bits per heavy atom. The third-order valence-corrected chi connectivity index (χ3v) is 2.36. The van der Waals surface area contributed by atoms with Crippen molar-refractivity contribution >= 4 is 15.9 Å². The highest BCUT2D eigenvalue weighted by atomic mass is 79.9. The first-order valence-electron chi connectivity index (χ1n) is 4.89. The smallest absolute Gasteiger partial charge is 0.140 e. The molecule has 0 saturated heterocycles. The van der Waals surface area contributed by atoms with Gasteiger partial charge in [-0.15, -0.1) is 0 Å². The number of aryl methyl sites for hydroxylation is 1. The molecule has 0 spiro atoms. The highest BCUT2D eigenvalue weighted by Gasteiger charge is 2.06. The van der Waals surface area contributed by atoms with Crippen LogP contribution in [-0.4, -0.2) is 38.6 Å². The molecular weight excluding hydrogens is 244 g/mol. The Labute approximate surface area is 93.4 Å². The van der Waals surface area contributed by atoms with E-state index in [2.05, 4.69) is 44.9 Å². The molecule has 0 bridgehead atoms. The fourth-order valence-electron chi connectivity index (χ4n) is 1.27. The fourth-order valence-corrected chi connectivity index (χ4v) is 1.88. The first-order valence-corrected chi connectivity index (χ1v) is 6.01. The van der Waals surface area contributed by atoms with E-state index in [0.717, 1.165) is 37.2 Å². The molecule has 0 saturated carbocycles. The molecule has 80 valence electrons. The van der Waals surface area contributed by atoms with Crippen LogP contribution in [0.2, 0.25) is 0 Å². The minimum atomic E-state index is 0.867. The minimum Gasteiger partial charge on any atom is -0.298 e. The summed E-state index contributed by atoms with van der Waals surface area (Å²) in [5.74, 6) is 1.05. The molecule has 0 N–H and O–H groups in total. The molecule has 1 rings (SSSR count). The molecule has 14 heavy (non-hydrogen) atoms. The summed E-state index contributed by atoms with van der Waals surface area (Å²) in [6.07, 6.45) is 2.73. The van der Waals surface area contributed by atoms with E-state index >= 15 is 0 Å². The minimum absolute atomic E-state index is 0.867. The Morgan fingerprint density at radius 3 is 3.00 bits per heavy atom. The van der Waals surface area contributed by atoms with Crippen LogP contribution in [0.3, 0.4) is 0 Å². The molecule has 0 aliphatic rings. The highest BCUT2D eigenvalue weighted by Crippen LogP contribution is 2.00. The van der Waals surface area contributed by atoms with Crippen LogP contribution in [0, 0.1) is 0 Å². The first kappa shape index (κ1) is 11.7. The zero-order valence-corrected chi connectivity index (χ0v) is 10.4. The third-order valence-electron chi connectivity index (χ3n) is 2.01. The van der Waals surface area contributed by atoms with E-state index in [1.54, 1.807) is 6.33 Å². The van der Waals surface area contributed by atoms with E-state index in [9.17, 15) is 0 Å². The van der Waals surface area contributed by atoms with Crippen molar-refractivity contribution in [3.8, 4) is 0 Å². The number of nitrogens with zero attached hydrogens (tertiary/aromatic N) is 4. The van der Waals surface area contributed by atoms with Gasteiger partial charge in [-0.1, -0.05) is 22.9 Å². The van der Waals surface area contributed by atoms with E-state index in [4.69, 9.17) is 0 Å². The van der Waals surface area contributed by atoms with Crippen molar-refractivity contribution in [1.82, 2.24) is 19.7 Å². The lowest BCUT2D eigenvalue weighted by atomic mass is 10.4. The van der Waals surface area contributed by atoms with Crippen LogP contribution in [0.4, 0.5) is 0 Å². The number of rotatable bonds is 6. The number of hydrogen-bond acceptors (Lipinski definition) is 3. The second-order valence-electron chi connectivity index (χ2n) is 3.33. The second kappa shape index (κ2) is 6.14. The molecule has 1 aromatic heterocycles. The molecule has 0 atom stereocenters. The SMILES string of the molecule is CCCn1ncnc1CN(C)CCBr. The quantitative estimate of drug-likeness (QED) is 0.728. The van der Waals surface area contributed by atoms with Crippen LogP contribution in [0.15, 0.2) is 6.33 Å². The van der Waals surface area contributed by atoms with Gasteiger partial charge in [0.2, 0.25) is 0 Å². The molecule has 0 amide bonds. The van der Waals surface area contributed by atoms with Crippen LogP contribution >= 0.6 is 15.9 Å². The fraction of sp³-hybridized carbons (Fsp3) is 0.778. The van der Waals surface area contributed by atoms with Crippen LogP contribution < -0.4 is 0 Å². The van der Waals surface area contributed by atoms with Gasteiger partial charge in [-0.3, -0.25) is 4.90 Å². The van der Waals surface area contributed by atoms with Gasteiger partial charge in [-0.25, -0.2) is 9.67 Å². The van der Waals surface area contributed by atoms with Crippen molar-refractivity contribution in [2.75, 3.05) is 18.9 Å². The highest BCUT2D eigenvalue weighted by molar-refractivity contribution is 9.09. The lowest BCUT2D eigenvalue weighted by Gasteiger charge is -2.14. The third kappa shape index (κ3) is 3.38. The predicted octanol–water partition coefficient (Wildman–Crippen LogP) is 1.51. The molecule has 0 aliphatic carbocycles. The molecule has 4 nitrogen and oxygen atoms in total. The summed E-state index contributed by atoms with van der Waals surface area (Å²) in [6.45, 7) is 5.00. The van der Waals surface area contributed by atoms with Crippen molar-refractivity contribution < 1.29 is 0 Å². The van der Waals surface area contributed by atoms with Crippen LogP contribution in [0.1, 0.15) is 19.2 Å². The average Bonchev–Trinajstić information content (AvgIpc) is 2.54. The summed E-state index contributed by atoms with van der Waals surface area (Å²) < 4.78 is 1.98. The summed E-state index contributed by atoms with van der Waals surface area (Å²) >= 11 is 3.42. The Balaban J connectivity index is 2.52. The van der Waals surface area contributed by atoms with Gasteiger partial charge in [0, 0.05) is 18.4 Å². The zero-order chi connectivity index (χ0) is 10.4. The topological polar surface area (TPSA) is 34.0 Å². The predicted molar refractivity (Wildman–Crippen MR) is 60.4 cm³/mol. The van der Waals surface area contributed by atoms with E-state index < -0.39 is 0 Å². The van der Waals surface area contributed by atoms with Crippen LogP contribution in [0.25, 0.3) is 0 Å². The number of alkyl halides is 1. The molecule has 0 fully saturated rings. The maximum Gasteiger partial charge on any atom is 0.140 e. The van der Waals surface area contributed by atoms with Gasteiger partial charge in [0.25, 0.3) is 0 Å². The standard InChI is InChI=1S/C9H17BrN4/c1-3-5-14-9(11-8-12-14)7-13(2)6-4-10/h8H,3-7H2,1-2H3. The largest absolute Gasteiger partial charge is 0.298 e. The maximum absolute atomic E-state index is 4.25. The van der Waals surface area contributed by atoms with Gasteiger partial charge in [0.15, 0.2) is 0 Å². The van der Waals surface area contributed by atoms with E-state index in [1.807, 2.05) is 4.68 Å². The van der Waals surface area contributed by atoms with Crippen LogP contribution in [-0.2, 0) is 13.1 Å².